The van der Waals surface area contributed by atoms with Gasteiger partial charge in [-0.1, -0.05) is 18.2 Å². The van der Waals surface area contributed by atoms with E-state index < -0.39 is 0 Å². The summed E-state index contributed by atoms with van der Waals surface area (Å²) in [5.41, 5.74) is 4.82. The van der Waals surface area contributed by atoms with Gasteiger partial charge in [-0.15, -0.1) is 11.3 Å². The maximum atomic E-state index is 11.8. The second kappa shape index (κ2) is 8.40. The summed E-state index contributed by atoms with van der Waals surface area (Å²) in [6, 6.07) is 9.75. The number of hydrogen-bond acceptors (Lipinski definition) is 5. The molecule has 3 aromatic rings. The van der Waals surface area contributed by atoms with Crippen LogP contribution < -0.4 is 10.1 Å². The Balaban J connectivity index is 1.54. The van der Waals surface area contributed by atoms with Crippen molar-refractivity contribution in [3.8, 4) is 11.6 Å². The highest BCUT2D eigenvalue weighted by atomic mass is 32.1. The number of thiazole rings is 1. The Morgan fingerprint density at radius 2 is 2.12 bits per heavy atom. The van der Waals surface area contributed by atoms with E-state index in [1.165, 1.54) is 17.4 Å². The summed E-state index contributed by atoms with van der Waals surface area (Å²) in [7, 11) is 0. The van der Waals surface area contributed by atoms with Gasteiger partial charge in [0.15, 0.2) is 0 Å². The van der Waals surface area contributed by atoms with Crippen LogP contribution in [0.15, 0.2) is 54.3 Å². The van der Waals surface area contributed by atoms with Crippen LogP contribution in [0.4, 0.5) is 0 Å². The third kappa shape index (κ3) is 5.00. The van der Waals surface area contributed by atoms with E-state index in [-0.39, 0.29) is 5.91 Å². The maximum Gasteiger partial charge on any atom is 0.244 e. The van der Waals surface area contributed by atoms with E-state index in [1.807, 2.05) is 38.1 Å². The molecule has 0 atom stereocenters. The third-order valence-corrected chi connectivity index (χ3v) is 4.41. The molecule has 6 heteroatoms. The lowest BCUT2D eigenvalue weighted by Gasteiger charge is -2.09. The normalized spacial score (nSPS) is 10.8. The molecule has 3 rings (SSSR count). The molecule has 132 valence electrons. The van der Waals surface area contributed by atoms with Crippen molar-refractivity contribution in [2.75, 3.05) is 0 Å². The molecule has 1 amide bonds. The van der Waals surface area contributed by atoms with Crippen LogP contribution >= 0.6 is 11.3 Å². The predicted molar refractivity (Wildman–Crippen MR) is 103 cm³/mol. The maximum absolute atomic E-state index is 11.8. The molecule has 2 aromatic heterocycles. The standard InChI is InChI=1S/C20H19N3O2S/c1-14-3-4-15(2)18(9-14)25-20-8-5-16(11-23-20)10-22-19(24)7-6-17-12-21-13-26-17/h3-9,11-13H,10H2,1-2H3,(H,22,24)/b7-6+. The highest BCUT2D eigenvalue weighted by molar-refractivity contribution is 7.10. The first-order chi connectivity index (χ1) is 12.6. The van der Waals surface area contributed by atoms with Gasteiger partial charge in [-0.2, -0.15) is 0 Å². The number of aromatic nitrogens is 2. The van der Waals surface area contributed by atoms with Gasteiger partial charge in [0.05, 0.1) is 5.51 Å². The van der Waals surface area contributed by atoms with Crippen LogP contribution in [0.2, 0.25) is 0 Å². The zero-order chi connectivity index (χ0) is 18.4. The summed E-state index contributed by atoms with van der Waals surface area (Å²) in [5, 5.41) is 2.82. The number of carbonyl (C=O) groups is 1. The van der Waals surface area contributed by atoms with Crippen LogP contribution in [0.25, 0.3) is 6.08 Å². The molecule has 1 aromatic carbocycles. The Kier molecular flexibility index (Phi) is 5.76. The van der Waals surface area contributed by atoms with Gasteiger partial charge >= 0.3 is 0 Å². The third-order valence-electron chi connectivity index (χ3n) is 3.67. The molecule has 0 aliphatic rings. The van der Waals surface area contributed by atoms with Crippen LogP contribution in [-0.2, 0) is 11.3 Å². The van der Waals surface area contributed by atoms with Gasteiger partial charge < -0.3 is 10.1 Å². The minimum absolute atomic E-state index is 0.158. The quantitative estimate of drug-likeness (QED) is 0.662. The number of nitrogens with zero attached hydrogens (tertiary/aromatic N) is 2. The summed E-state index contributed by atoms with van der Waals surface area (Å²) in [4.78, 5) is 21.0. The predicted octanol–water partition coefficient (Wildman–Crippen LogP) is 4.28. The zero-order valence-electron chi connectivity index (χ0n) is 14.6. The van der Waals surface area contributed by atoms with Gasteiger partial charge in [0.2, 0.25) is 11.8 Å². The van der Waals surface area contributed by atoms with Crippen LogP contribution in [0.5, 0.6) is 11.6 Å². The van der Waals surface area contributed by atoms with Crippen molar-refractivity contribution in [1.82, 2.24) is 15.3 Å². The Labute approximate surface area is 156 Å². The van der Waals surface area contributed by atoms with Crippen molar-refractivity contribution in [3.63, 3.8) is 0 Å². The molecule has 0 aliphatic carbocycles. The summed E-state index contributed by atoms with van der Waals surface area (Å²) >= 11 is 1.48. The lowest BCUT2D eigenvalue weighted by molar-refractivity contribution is -0.116. The molecule has 2 heterocycles. The van der Waals surface area contributed by atoms with Gasteiger partial charge in [-0.25, -0.2) is 4.98 Å². The highest BCUT2D eigenvalue weighted by Gasteiger charge is 2.04. The molecule has 26 heavy (non-hydrogen) atoms. The van der Waals surface area contributed by atoms with Crippen LogP contribution in [0.3, 0.4) is 0 Å². The Hall–Kier alpha value is -2.99. The number of carbonyl (C=O) groups excluding carboxylic acids is 1. The second-order valence-electron chi connectivity index (χ2n) is 5.83. The van der Waals surface area contributed by atoms with Gasteiger partial charge in [-0.3, -0.25) is 9.78 Å². The van der Waals surface area contributed by atoms with Crippen molar-refractivity contribution in [1.29, 1.82) is 0 Å². The number of amides is 1. The van der Waals surface area contributed by atoms with Crippen LogP contribution in [0, 0.1) is 13.8 Å². The highest BCUT2D eigenvalue weighted by Crippen LogP contribution is 2.24. The largest absolute Gasteiger partial charge is 0.439 e. The minimum Gasteiger partial charge on any atom is -0.439 e. The summed E-state index contributed by atoms with van der Waals surface area (Å²) < 4.78 is 5.84. The molecule has 0 fully saturated rings. The Morgan fingerprint density at radius 1 is 1.23 bits per heavy atom. The number of rotatable bonds is 6. The number of nitrogens with one attached hydrogen (secondary N) is 1. The van der Waals surface area contributed by atoms with E-state index >= 15 is 0 Å². The first kappa shape index (κ1) is 17.8. The van der Waals surface area contributed by atoms with Crippen molar-refractivity contribution in [2.24, 2.45) is 0 Å². The molecule has 1 N–H and O–H groups in total. The molecule has 0 unspecified atom stereocenters. The lowest BCUT2D eigenvalue weighted by atomic mass is 10.1. The van der Waals surface area contributed by atoms with Crippen LogP contribution in [-0.4, -0.2) is 15.9 Å². The molecule has 0 saturated carbocycles. The number of aryl methyl sites for hydroxylation is 2. The monoisotopic (exact) mass is 365 g/mol. The molecule has 0 bridgehead atoms. The van der Waals surface area contributed by atoms with Crippen molar-refractivity contribution < 1.29 is 9.53 Å². The molecule has 0 spiro atoms. The number of ether oxygens (including phenoxy) is 1. The average Bonchev–Trinajstić information content (AvgIpc) is 3.16. The molecule has 5 nitrogen and oxygen atoms in total. The fourth-order valence-corrected chi connectivity index (χ4v) is 2.73. The summed E-state index contributed by atoms with van der Waals surface area (Å²) in [6.45, 7) is 4.43. The van der Waals surface area contributed by atoms with Gasteiger partial charge in [-0.05, 0) is 42.7 Å². The average molecular weight is 365 g/mol. The van der Waals surface area contributed by atoms with E-state index in [4.69, 9.17) is 4.74 Å². The first-order valence-corrected chi connectivity index (χ1v) is 9.02. The topological polar surface area (TPSA) is 64.1 Å². The van der Waals surface area contributed by atoms with E-state index in [0.717, 1.165) is 27.3 Å². The SMILES string of the molecule is Cc1ccc(C)c(Oc2ccc(CNC(=O)/C=C/c3cncs3)cn2)c1. The first-order valence-electron chi connectivity index (χ1n) is 8.14. The molecule has 0 aliphatic heterocycles. The smallest absolute Gasteiger partial charge is 0.244 e. The number of benzene rings is 1. The Morgan fingerprint density at radius 3 is 2.85 bits per heavy atom. The minimum atomic E-state index is -0.158. The molecule has 0 saturated heterocycles. The van der Waals surface area contributed by atoms with E-state index in [9.17, 15) is 4.79 Å². The van der Waals surface area contributed by atoms with E-state index in [2.05, 4.69) is 15.3 Å². The van der Waals surface area contributed by atoms with E-state index in [1.54, 1.807) is 30.0 Å². The molecular weight excluding hydrogens is 346 g/mol. The number of pyridine rings is 1. The lowest BCUT2D eigenvalue weighted by Crippen LogP contribution is -2.20. The van der Waals surface area contributed by atoms with E-state index in [0.29, 0.717) is 12.4 Å². The molecular formula is C20H19N3O2S. The zero-order valence-corrected chi connectivity index (χ0v) is 15.4. The van der Waals surface area contributed by atoms with Gasteiger partial charge in [0.25, 0.3) is 0 Å². The molecule has 0 radical (unpaired) electrons. The van der Waals surface area contributed by atoms with Crippen molar-refractivity contribution in [3.05, 3.63) is 75.9 Å². The van der Waals surface area contributed by atoms with Gasteiger partial charge in [0, 0.05) is 36.0 Å². The van der Waals surface area contributed by atoms with Crippen LogP contribution in [0.1, 0.15) is 21.6 Å². The summed E-state index contributed by atoms with van der Waals surface area (Å²) in [5.74, 6) is 1.17. The van der Waals surface area contributed by atoms with Crippen molar-refractivity contribution >= 4 is 23.3 Å². The second-order valence-corrected chi connectivity index (χ2v) is 6.75. The fourth-order valence-electron chi connectivity index (χ4n) is 2.22. The fraction of sp³-hybridized carbons (Fsp3) is 0.150. The summed E-state index contributed by atoms with van der Waals surface area (Å²) in [6.07, 6.45) is 6.66. The van der Waals surface area contributed by atoms with Crippen molar-refractivity contribution in [2.45, 2.75) is 20.4 Å². The number of hydrogen-bond donors (Lipinski definition) is 1. The van der Waals surface area contributed by atoms with Gasteiger partial charge in [0.1, 0.15) is 5.75 Å². The Bertz CT molecular complexity index is 903.